The minimum atomic E-state index is -0.175. The van der Waals surface area contributed by atoms with Crippen molar-refractivity contribution in [2.45, 2.75) is 13.3 Å². The number of ether oxygens (including phenoxy) is 1. The average Bonchev–Trinajstić information content (AvgIpc) is 2.31. The Labute approximate surface area is 101 Å². The third kappa shape index (κ3) is 3.96. The minimum absolute atomic E-state index is 0.0135. The van der Waals surface area contributed by atoms with Crippen LogP contribution in [-0.4, -0.2) is 24.7 Å². The van der Waals surface area contributed by atoms with Crippen LogP contribution in [0.5, 0.6) is 11.5 Å². The maximum Gasteiger partial charge on any atom is 0.224 e. The first-order valence-electron chi connectivity index (χ1n) is 5.43. The molecule has 0 radical (unpaired) electrons. The van der Waals surface area contributed by atoms with E-state index in [4.69, 9.17) is 10.5 Å². The molecule has 0 saturated carbocycles. The van der Waals surface area contributed by atoms with E-state index in [0.29, 0.717) is 24.4 Å². The standard InChI is InChI=1S/C12H18N2O3/c1-8(7-13)5-12(16)14-10-6-9(17-2)3-4-11(10)15/h3-4,6,8,15H,5,7,13H2,1-2H3,(H,14,16). The molecule has 4 N–H and O–H groups in total. The molecule has 0 aromatic heterocycles. The molecule has 0 aliphatic heterocycles. The van der Waals surface area contributed by atoms with Crippen LogP contribution >= 0.6 is 0 Å². The maximum atomic E-state index is 11.6. The Bertz CT molecular complexity index is 393. The van der Waals surface area contributed by atoms with E-state index in [9.17, 15) is 9.90 Å². The number of benzene rings is 1. The van der Waals surface area contributed by atoms with Gasteiger partial charge in [-0.3, -0.25) is 4.79 Å². The van der Waals surface area contributed by atoms with Crippen molar-refractivity contribution in [3.63, 3.8) is 0 Å². The van der Waals surface area contributed by atoms with Gasteiger partial charge in [-0.15, -0.1) is 0 Å². The summed E-state index contributed by atoms with van der Waals surface area (Å²) >= 11 is 0. The fraction of sp³-hybridized carbons (Fsp3) is 0.417. The number of phenolic OH excluding ortho intramolecular Hbond substituents is 1. The number of carbonyl (C=O) groups excluding carboxylic acids is 1. The van der Waals surface area contributed by atoms with Gasteiger partial charge in [0, 0.05) is 12.5 Å². The first-order valence-corrected chi connectivity index (χ1v) is 5.43. The Balaban J connectivity index is 2.70. The molecule has 1 aromatic carbocycles. The maximum absolute atomic E-state index is 11.6. The zero-order chi connectivity index (χ0) is 12.8. The molecule has 1 amide bonds. The van der Waals surface area contributed by atoms with Crippen molar-refractivity contribution in [1.82, 2.24) is 0 Å². The molecular formula is C12H18N2O3. The highest BCUT2D eigenvalue weighted by Gasteiger charge is 2.10. The molecule has 1 aromatic rings. The summed E-state index contributed by atoms with van der Waals surface area (Å²) in [6.45, 7) is 2.35. The predicted molar refractivity (Wildman–Crippen MR) is 66.1 cm³/mol. The molecule has 5 nitrogen and oxygen atoms in total. The van der Waals surface area contributed by atoms with E-state index in [1.807, 2.05) is 6.92 Å². The van der Waals surface area contributed by atoms with E-state index >= 15 is 0 Å². The van der Waals surface area contributed by atoms with Crippen molar-refractivity contribution in [3.05, 3.63) is 18.2 Å². The third-order valence-electron chi connectivity index (χ3n) is 2.41. The summed E-state index contributed by atoms with van der Waals surface area (Å²) in [6.07, 6.45) is 0.327. The Morgan fingerprint density at radius 3 is 2.88 bits per heavy atom. The van der Waals surface area contributed by atoms with Gasteiger partial charge in [0.25, 0.3) is 0 Å². The van der Waals surface area contributed by atoms with Crippen LogP contribution in [0.3, 0.4) is 0 Å². The third-order valence-corrected chi connectivity index (χ3v) is 2.41. The van der Waals surface area contributed by atoms with E-state index in [1.165, 1.54) is 13.2 Å². The highest BCUT2D eigenvalue weighted by Crippen LogP contribution is 2.27. The van der Waals surface area contributed by atoms with Crippen molar-refractivity contribution in [2.24, 2.45) is 11.7 Å². The molecule has 5 heteroatoms. The topological polar surface area (TPSA) is 84.6 Å². The van der Waals surface area contributed by atoms with Crippen molar-refractivity contribution in [3.8, 4) is 11.5 Å². The second-order valence-electron chi connectivity index (χ2n) is 3.98. The van der Waals surface area contributed by atoms with Gasteiger partial charge in [0.05, 0.1) is 12.8 Å². The van der Waals surface area contributed by atoms with Crippen LogP contribution in [0.15, 0.2) is 18.2 Å². The Morgan fingerprint density at radius 2 is 2.29 bits per heavy atom. The lowest BCUT2D eigenvalue weighted by molar-refractivity contribution is -0.116. The lowest BCUT2D eigenvalue weighted by atomic mass is 10.1. The average molecular weight is 238 g/mol. The van der Waals surface area contributed by atoms with E-state index in [-0.39, 0.29) is 17.6 Å². The number of rotatable bonds is 5. The van der Waals surface area contributed by atoms with E-state index in [0.717, 1.165) is 0 Å². The quantitative estimate of drug-likeness (QED) is 0.675. The molecule has 1 rings (SSSR count). The molecule has 0 saturated heterocycles. The fourth-order valence-corrected chi connectivity index (χ4v) is 1.34. The van der Waals surface area contributed by atoms with Gasteiger partial charge in [-0.1, -0.05) is 6.92 Å². The smallest absolute Gasteiger partial charge is 0.224 e. The molecule has 1 unspecified atom stereocenters. The predicted octanol–water partition coefficient (Wildman–Crippen LogP) is 1.32. The number of hydrogen-bond donors (Lipinski definition) is 3. The number of carbonyl (C=O) groups is 1. The van der Waals surface area contributed by atoms with Crippen LogP contribution in [0.25, 0.3) is 0 Å². The largest absolute Gasteiger partial charge is 0.506 e. The number of nitrogens with one attached hydrogen (secondary N) is 1. The highest BCUT2D eigenvalue weighted by atomic mass is 16.5. The first kappa shape index (κ1) is 13.3. The molecule has 0 fully saturated rings. The lowest BCUT2D eigenvalue weighted by Crippen LogP contribution is -2.20. The summed E-state index contributed by atoms with van der Waals surface area (Å²) in [6, 6.07) is 4.66. The van der Waals surface area contributed by atoms with Gasteiger partial charge in [-0.25, -0.2) is 0 Å². The van der Waals surface area contributed by atoms with E-state index < -0.39 is 0 Å². The number of amides is 1. The van der Waals surface area contributed by atoms with E-state index in [2.05, 4.69) is 5.32 Å². The zero-order valence-corrected chi connectivity index (χ0v) is 10.1. The van der Waals surface area contributed by atoms with E-state index in [1.54, 1.807) is 12.1 Å². The second-order valence-corrected chi connectivity index (χ2v) is 3.98. The molecule has 0 aliphatic carbocycles. The van der Waals surface area contributed by atoms with Crippen molar-refractivity contribution >= 4 is 11.6 Å². The lowest BCUT2D eigenvalue weighted by Gasteiger charge is -2.11. The van der Waals surface area contributed by atoms with Gasteiger partial charge < -0.3 is 20.9 Å². The number of nitrogens with two attached hydrogens (primary N) is 1. The molecule has 0 aliphatic rings. The van der Waals surface area contributed by atoms with Gasteiger partial charge in [0.15, 0.2) is 0 Å². The summed E-state index contributed by atoms with van der Waals surface area (Å²) < 4.78 is 5.01. The van der Waals surface area contributed by atoms with Crippen molar-refractivity contribution in [2.75, 3.05) is 19.0 Å². The van der Waals surface area contributed by atoms with Gasteiger partial charge >= 0.3 is 0 Å². The summed E-state index contributed by atoms with van der Waals surface area (Å²) in [5.41, 5.74) is 5.79. The molecule has 0 bridgehead atoms. The molecule has 0 heterocycles. The highest BCUT2D eigenvalue weighted by molar-refractivity contribution is 5.92. The van der Waals surface area contributed by atoms with Gasteiger partial charge in [0.2, 0.25) is 5.91 Å². The van der Waals surface area contributed by atoms with Gasteiger partial charge in [-0.2, -0.15) is 0 Å². The number of anilines is 1. The monoisotopic (exact) mass is 238 g/mol. The second kappa shape index (κ2) is 6.10. The van der Waals surface area contributed by atoms with Crippen molar-refractivity contribution < 1.29 is 14.6 Å². The Hall–Kier alpha value is -1.75. The summed E-state index contributed by atoms with van der Waals surface area (Å²) in [4.78, 5) is 11.6. The fourth-order valence-electron chi connectivity index (χ4n) is 1.34. The molecular weight excluding hydrogens is 220 g/mol. The number of hydrogen-bond acceptors (Lipinski definition) is 4. The molecule has 94 valence electrons. The number of aromatic hydroxyl groups is 1. The number of methoxy groups -OCH3 is 1. The van der Waals surface area contributed by atoms with Crippen LogP contribution in [-0.2, 0) is 4.79 Å². The van der Waals surface area contributed by atoms with Crippen LogP contribution < -0.4 is 15.8 Å². The van der Waals surface area contributed by atoms with Crippen LogP contribution in [0, 0.1) is 5.92 Å². The molecule has 0 spiro atoms. The van der Waals surface area contributed by atoms with Crippen LogP contribution in [0.4, 0.5) is 5.69 Å². The summed E-state index contributed by atoms with van der Waals surface area (Å²) in [5.74, 6) is 0.527. The Kier molecular flexibility index (Phi) is 4.78. The number of phenols is 1. The molecule has 17 heavy (non-hydrogen) atoms. The SMILES string of the molecule is COc1ccc(O)c(NC(=O)CC(C)CN)c1. The first-order chi connectivity index (χ1) is 8.06. The summed E-state index contributed by atoms with van der Waals surface area (Å²) in [7, 11) is 1.52. The van der Waals surface area contributed by atoms with Crippen LogP contribution in [0.2, 0.25) is 0 Å². The van der Waals surface area contributed by atoms with Crippen molar-refractivity contribution in [1.29, 1.82) is 0 Å². The minimum Gasteiger partial charge on any atom is -0.506 e. The van der Waals surface area contributed by atoms with Gasteiger partial charge in [-0.05, 0) is 24.6 Å². The zero-order valence-electron chi connectivity index (χ0n) is 10.1. The summed E-state index contributed by atoms with van der Waals surface area (Å²) in [5, 5.41) is 12.2. The van der Waals surface area contributed by atoms with Crippen LogP contribution in [0.1, 0.15) is 13.3 Å². The Morgan fingerprint density at radius 1 is 1.59 bits per heavy atom. The normalized spacial score (nSPS) is 11.9. The molecule has 1 atom stereocenters. The van der Waals surface area contributed by atoms with Gasteiger partial charge in [0.1, 0.15) is 11.5 Å².